The van der Waals surface area contributed by atoms with E-state index < -0.39 is 11.9 Å². The molecule has 202 valence electrons. The van der Waals surface area contributed by atoms with Crippen molar-refractivity contribution in [3.05, 3.63) is 139 Å². The number of hydrogen-bond acceptors (Lipinski definition) is 5. The van der Waals surface area contributed by atoms with E-state index in [9.17, 15) is 19.8 Å². The molecular formula is C35H23N3O4. The zero-order valence-corrected chi connectivity index (χ0v) is 22.2. The first-order chi connectivity index (χ1) is 20.4. The highest BCUT2D eigenvalue weighted by Gasteiger charge is 2.13. The number of rotatable bonds is 7. The van der Waals surface area contributed by atoms with Crippen LogP contribution in [0.2, 0.25) is 0 Å². The highest BCUT2D eigenvalue weighted by molar-refractivity contribution is 5.90. The van der Waals surface area contributed by atoms with Crippen LogP contribution in [0.25, 0.3) is 55.9 Å². The molecule has 7 nitrogen and oxygen atoms in total. The maximum Gasteiger partial charge on any atom is 0.335 e. The molecule has 2 N–H and O–H groups in total. The fraction of sp³-hybridized carbons (Fsp3) is 0. The number of carbonyl (C=O) groups is 2. The van der Waals surface area contributed by atoms with Crippen LogP contribution < -0.4 is 0 Å². The number of aromatic nitrogens is 3. The summed E-state index contributed by atoms with van der Waals surface area (Å²) in [6.45, 7) is 0. The minimum atomic E-state index is -0.987. The SMILES string of the molecule is O=C(O)c1ccc(-c2cc(-c3ccc(C(=O)O)cc3)cc(-c3cc(-c4ccncc4)nc(-c4ccncc4)c3)c2)cc1. The van der Waals surface area contributed by atoms with Crippen molar-refractivity contribution < 1.29 is 19.8 Å². The molecule has 0 amide bonds. The second-order valence-corrected chi connectivity index (χ2v) is 9.66. The number of nitrogens with zero attached hydrogens (tertiary/aromatic N) is 3. The summed E-state index contributed by atoms with van der Waals surface area (Å²) >= 11 is 0. The normalized spacial score (nSPS) is 10.8. The molecule has 6 rings (SSSR count). The van der Waals surface area contributed by atoms with Crippen LogP contribution in [0.15, 0.2) is 128 Å². The number of pyridine rings is 3. The average molecular weight is 550 g/mol. The Kier molecular flexibility index (Phi) is 7.05. The molecule has 0 bridgehead atoms. The lowest BCUT2D eigenvalue weighted by Gasteiger charge is -2.14. The summed E-state index contributed by atoms with van der Waals surface area (Å²) < 4.78 is 0. The van der Waals surface area contributed by atoms with E-state index in [0.717, 1.165) is 55.9 Å². The Bertz CT molecular complexity index is 1770. The van der Waals surface area contributed by atoms with E-state index >= 15 is 0 Å². The predicted octanol–water partition coefficient (Wildman–Crippen LogP) is 7.60. The highest BCUT2D eigenvalue weighted by Crippen LogP contribution is 2.36. The lowest BCUT2D eigenvalue weighted by Crippen LogP contribution is -1.96. The molecule has 0 spiro atoms. The molecule has 0 unspecified atom stereocenters. The Morgan fingerprint density at radius 3 is 1.10 bits per heavy atom. The number of benzene rings is 3. The molecule has 3 aromatic carbocycles. The standard InChI is InChI=1S/C35H23N3O4/c39-34(40)26-5-1-22(2-6-26)28-17-29(23-3-7-27(8-4-23)35(41)42)19-30(18-28)31-20-32(24-9-13-36-14-10-24)38-33(21-31)25-11-15-37-16-12-25/h1-21H,(H,39,40)(H,41,42). The third kappa shape index (κ3) is 5.52. The van der Waals surface area contributed by atoms with E-state index in [0.29, 0.717) is 0 Å². The van der Waals surface area contributed by atoms with Gasteiger partial charge in [0.2, 0.25) is 0 Å². The Balaban J connectivity index is 1.56. The highest BCUT2D eigenvalue weighted by atomic mass is 16.4. The molecule has 0 fully saturated rings. The monoisotopic (exact) mass is 549 g/mol. The van der Waals surface area contributed by atoms with Crippen LogP contribution in [0.4, 0.5) is 0 Å². The van der Waals surface area contributed by atoms with E-state index in [1.165, 1.54) is 0 Å². The van der Waals surface area contributed by atoms with Gasteiger partial charge in [0.25, 0.3) is 0 Å². The summed E-state index contributed by atoms with van der Waals surface area (Å²) in [5.41, 5.74) is 9.14. The van der Waals surface area contributed by atoms with Crippen molar-refractivity contribution >= 4 is 11.9 Å². The first kappa shape index (κ1) is 26.3. The van der Waals surface area contributed by atoms with Crippen molar-refractivity contribution in [1.82, 2.24) is 15.0 Å². The fourth-order valence-corrected chi connectivity index (χ4v) is 4.78. The average Bonchev–Trinajstić information content (AvgIpc) is 3.05. The molecule has 3 heterocycles. The van der Waals surface area contributed by atoms with Gasteiger partial charge < -0.3 is 10.2 Å². The van der Waals surface area contributed by atoms with Crippen molar-refractivity contribution in [2.24, 2.45) is 0 Å². The number of aromatic carboxylic acids is 2. The van der Waals surface area contributed by atoms with Gasteiger partial charge in [-0.15, -0.1) is 0 Å². The van der Waals surface area contributed by atoms with Crippen LogP contribution in [0.5, 0.6) is 0 Å². The van der Waals surface area contributed by atoms with Gasteiger partial charge in [-0.05, 0) is 112 Å². The maximum atomic E-state index is 11.4. The first-order valence-electron chi connectivity index (χ1n) is 13.1. The summed E-state index contributed by atoms with van der Waals surface area (Å²) in [7, 11) is 0. The summed E-state index contributed by atoms with van der Waals surface area (Å²) in [4.78, 5) is 36.1. The first-order valence-corrected chi connectivity index (χ1v) is 13.1. The number of carboxylic acids is 2. The summed E-state index contributed by atoms with van der Waals surface area (Å²) in [6.07, 6.45) is 6.93. The lowest BCUT2D eigenvalue weighted by atomic mass is 9.92. The van der Waals surface area contributed by atoms with E-state index in [2.05, 4.69) is 22.1 Å². The van der Waals surface area contributed by atoms with Crippen molar-refractivity contribution in [2.75, 3.05) is 0 Å². The van der Waals surface area contributed by atoms with Crippen LogP contribution in [-0.2, 0) is 0 Å². The molecule has 3 aromatic heterocycles. The van der Waals surface area contributed by atoms with Crippen molar-refractivity contribution in [3.63, 3.8) is 0 Å². The summed E-state index contributed by atoms with van der Waals surface area (Å²) in [6, 6.07) is 31.4. The molecule has 42 heavy (non-hydrogen) atoms. The smallest absolute Gasteiger partial charge is 0.335 e. The molecule has 0 aliphatic heterocycles. The molecule has 0 saturated carbocycles. The van der Waals surface area contributed by atoms with Crippen molar-refractivity contribution in [1.29, 1.82) is 0 Å². The van der Waals surface area contributed by atoms with Gasteiger partial charge >= 0.3 is 11.9 Å². The quantitative estimate of drug-likeness (QED) is 0.211. The van der Waals surface area contributed by atoms with Crippen LogP contribution in [-0.4, -0.2) is 37.1 Å². The zero-order chi connectivity index (χ0) is 29.1. The fourth-order valence-electron chi connectivity index (χ4n) is 4.78. The van der Waals surface area contributed by atoms with Gasteiger partial charge in [-0.3, -0.25) is 9.97 Å². The van der Waals surface area contributed by atoms with Crippen molar-refractivity contribution in [3.8, 4) is 55.9 Å². The predicted molar refractivity (Wildman–Crippen MR) is 161 cm³/mol. The van der Waals surface area contributed by atoms with E-state index in [4.69, 9.17) is 4.98 Å². The molecule has 0 saturated heterocycles. The molecular weight excluding hydrogens is 526 g/mol. The van der Waals surface area contributed by atoms with Crippen LogP contribution >= 0.6 is 0 Å². The van der Waals surface area contributed by atoms with Gasteiger partial charge in [0.05, 0.1) is 22.5 Å². The third-order valence-corrected chi connectivity index (χ3v) is 6.97. The van der Waals surface area contributed by atoms with E-state index in [1.807, 2.05) is 42.5 Å². The Labute approximate surface area is 241 Å². The topological polar surface area (TPSA) is 113 Å². The second-order valence-electron chi connectivity index (χ2n) is 9.66. The third-order valence-electron chi connectivity index (χ3n) is 6.97. The minimum Gasteiger partial charge on any atom is -0.478 e. The van der Waals surface area contributed by atoms with Gasteiger partial charge in [-0.25, -0.2) is 14.6 Å². The molecule has 0 aliphatic rings. The summed E-state index contributed by atoms with van der Waals surface area (Å²) in [5, 5.41) is 18.8. The van der Waals surface area contributed by atoms with Crippen LogP contribution in [0.1, 0.15) is 20.7 Å². The Hall–Kier alpha value is -5.95. The molecule has 0 radical (unpaired) electrons. The van der Waals surface area contributed by atoms with E-state index in [-0.39, 0.29) is 11.1 Å². The maximum absolute atomic E-state index is 11.4. The van der Waals surface area contributed by atoms with Crippen molar-refractivity contribution in [2.45, 2.75) is 0 Å². The lowest BCUT2D eigenvalue weighted by molar-refractivity contribution is 0.0686. The second kappa shape index (κ2) is 11.3. The van der Waals surface area contributed by atoms with E-state index in [1.54, 1.807) is 73.3 Å². The summed E-state index contributed by atoms with van der Waals surface area (Å²) in [5.74, 6) is -1.97. The molecule has 0 aliphatic carbocycles. The van der Waals surface area contributed by atoms with Gasteiger partial charge in [-0.2, -0.15) is 0 Å². The molecule has 7 heteroatoms. The number of hydrogen-bond donors (Lipinski definition) is 2. The molecule has 6 aromatic rings. The van der Waals surface area contributed by atoms with Gasteiger partial charge in [0.1, 0.15) is 0 Å². The Morgan fingerprint density at radius 2 is 0.738 bits per heavy atom. The van der Waals surface area contributed by atoms with Crippen LogP contribution in [0, 0.1) is 0 Å². The Morgan fingerprint density at radius 1 is 0.405 bits per heavy atom. The number of carboxylic acid groups (broad SMARTS) is 2. The zero-order valence-electron chi connectivity index (χ0n) is 22.2. The minimum absolute atomic E-state index is 0.206. The van der Waals surface area contributed by atoms with Gasteiger partial charge in [-0.1, -0.05) is 24.3 Å². The molecule has 0 atom stereocenters. The van der Waals surface area contributed by atoms with Gasteiger partial charge in [0.15, 0.2) is 0 Å². The van der Waals surface area contributed by atoms with Crippen LogP contribution in [0.3, 0.4) is 0 Å². The van der Waals surface area contributed by atoms with Gasteiger partial charge in [0, 0.05) is 35.9 Å². The largest absolute Gasteiger partial charge is 0.478 e.